The molecule has 0 spiro atoms. The number of nitrogens with one attached hydrogen (secondary N) is 3. The summed E-state index contributed by atoms with van der Waals surface area (Å²) in [6.07, 6.45) is 1.07. The van der Waals surface area contributed by atoms with E-state index in [1.54, 1.807) is 24.3 Å². The number of nitrogens with zero attached hydrogens (tertiary/aromatic N) is 4. The van der Waals surface area contributed by atoms with Crippen molar-refractivity contribution in [1.29, 1.82) is 0 Å². The first-order chi connectivity index (χ1) is 15.5. The Hall–Kier alpha value is -3.76. The molecular weight excluding hydrogens is 411 g/mol. The van der Waals surface area contributed by atoms with Crippen molar-refractivity contribution in [3.63, 3.8) is 0 Å². The summed E-state index contributed by atoms with van der Waals surface area (Å²) in [5, 5.41) is 5.93. The minimum Gasteiger partial charge on any atom is -0.369 e. The van der Waals surface area contributed by atoms with Gasteiger partial charge in [0.1, 0.15) is 0 Å². The van der Waals surface area contributed by atoms with Gasteiger partial charge in [-0.2, -0.15) is 4.98 Å². The molecular formula is C22H25FN8O. The van der Waals surface area contributed by atoms with E-state index in [2.05, 4.69) is 42.9 Å². The first-order valence-corrected chi connectivity index (χ1v) is 10.2. The monoisotopic (exact) mass is 436 g/mol. The van der Waals surface area contributed by atoms with Gasteiger partial charge in [-0.15, -0.1) is 0 Å². The normalized spacial score (nSPS) is 14.2. The zero-order chi connectivity index (χ0) is 22.5. The van der Waals surface area contributed by atoms with Crippen LogP contribution in [0.1, 0.15) is 10.4 Å². The molecule has 2 heterocycles. The number of benzene rings is 2. The average molecular weight is 436 g/mol. The Morgan fingerprint density at radius 3 is 2.47 bits per heavy atom. The second-order valence-corrected chi connectivity index (χ2v) is 7.50. The molecule has 4 rings (SSSR count). The Morgan fingerprint density at radius 1 is 1.03 bits per heavy atom. The lowest BCUT2D eigenvalue weighted by Crippen LogP contribution is -2.44. The number of para-hydroxylation sites is 1. The zero-order valence-electron chi connectivity index (χ0n) is 17.7. The van der Waals surface area contributed by atoms with Crippen molar-refractivity contribution < 1.29 is 9.18 Å². The molecule has 10 heteroatoms. The van der Waals surface area contributed by atoms with E-state index in [9.17, 15) is 9.18 Å². The summed E-state index contributed by atoms with van der Waals surface area (Å²) in [5.74, 6) is 4.24. The predicted octanol–water partition coefficient (Wildman–Crippen LogP) is 2.46. The summed E-state index contributed by atoms with van der Waals surface area (Å²) in [6.45, 7) is 4.05. The van der Waals surface area contributed by atoms with Gasteiger partial charge in [-0.05, 0) is 43.4 Å². The molecule has 3 aromatic rings. The van der Waals surface area contributed by atoms with Crippen LogP contribution < -0.4 is 26.8 Å². The highest BCUT2D eigenvalue weighted by Crippen LogP contribution is 2.24. The minimum absolute atomic E-state index is 0.0613. The first kappa shape index (κ1) is 21.5. The van der Waals surface area contributed by atoms with Gasteiger partial charge in [-0.25, -0.2) is 15.2 Å². The molecule has 1 amide bonds. The van der Waals surface area contributed by atoms with E-state index in [0.29, 0.717) is 5.69 Å². The molecule has 1 fully saturated rings. The van der Waals surface area contributed by atoms with Gasteiger partial charge in [0.25, 0.3) is 5.91 Å². The van der Waals surface area contributed by atoms with E-state index in [1.807, 2.05) is 24.3 Å². The van der Waals surface area contributed by atoms with Gasteiger partial charge in [0.05, 0.1) is 17.4 Å². The number of rotatable bonds is 6. The third-order valence-corrected chi connectivity index (χ3v) is 5.29. The van der Waals surface area contributed by atoms with Gasteiger partial charge in [0.15, 0.2) is 11.6 Å². The summed E-state index contributed by atoms with van der Waals surface area (Å²) in [7, 11) is 2.13. The number of carbonyl (C=O) groups is 1. The van der Waals surface area contributed by atoms with Gasteiger partial charge in [0, 0.05) is 37.6 Å². The van der Waals surface area contributed by atoms with Gasteiger partial charge in [-0.3, -0.25) is 10.2 Å². The van der Waals surface area contributed by atoms with Crippen LogP contribution in [0.2, 0.25) is 0 Å². The van der Waals surface area contributed by atoms with Crippen LogP contribution in [0.4, 0.5) is 33.2 Å². The third-order valence-electron chi connectivity index (χ3n) is 5.29. The molecule has 0 saturated carbocycles. The number of carbonyl (C=O) groups excluding carboxylic acids is 1. The van der Waals surface area contributed by atoms with E-state index in [4.69, 9.17) is 5.84 Å². The molecule has 32 heavy (non-hydrogen) atoms. The summed E-state index contributed by atoms with van der Waals surface area (Å²) >= 11 is 0. The molecule has 0 bridgehead atoms. The average Bonchev–Trinajstić information content (AvgIpc) is 2.82. The SMILES string of the molecule is CN1CCN(c2ccc(Nc3ncc(F)c(Nc4ccccc4C(=O)NN)n3)cc2)CC1. The number of aromatic nitrogens is 2. The number of hydrogen-bond donors (Lipinski definition) is 4. The van der Waals surface area contributed by atoms with Gasteiger partial charge in [0.2, 0.25) is 5.95 Å². The number of piperazine rings is 1. The summed E-state index contributed by atoms with van der Waals surface area (Å²) in [4.78, 5) is 24.8. The number of halogens is 1. The molecule has 0 unspecified atom stereocenters. The largest absolute Gasteiger partial charge is 0.369 e. The second-order valence-electron chi connectivity index (χ2n) is 7.50. The number of likely N-dealkylation sites (N-methyl/N-ethyl adjacent to an activating group) is 1. The van der Waals surface area contributed by atoms with Crippen LogP contribution in [-0.4, -0.2) is 54.0 Å². The Balaban J connectivity index is 1.48. The van der Waals surface area contributed by atoms with E-state index < -0.39 is 11.7 Å². The van der Waals surface area contributed by atoms with Crippen LogP contribution in [0.3, 0.4) is 0 Å². The Labute approximate surface area is 185 Å². The molecule has 0 atom stereocenters. The number of nitrogens with two attached hydrogens (primary N) is 1. The zero-order valence-corrected chi connectivity index (χ0v) is 17.7. The number of nitrogen functional groups attached to an aromatic ring is 1. The van der Waals surface area contributed by atoms with E-state index >= 15 is 0 Å². The maximum Gasteiger partial charge on any atom is 0.267 e. The summed E-state index contributed by atoms with van der Waals surface area (Å²) in [6, 6.07) is 14.6. The molecule has 1 aromatic heterocycles. The molecule has 0 aliphatic carbocycles. The van der Waals surface area contributed by atoms with Crippen molar-refractivity contribution in [2.24, 2.45) is 5.84 Å². The van der Waals surface area contributed by atoms with Crippen molar-refractivity contribution in [2.75, 3.05) is 48.8 Å². The standard InChI is InChI=1S/C22H25FN8O/c1-30-10-12-31(13-11-30)16-8-6-15(7-9-16)26-22-25-14-18(23)20(28-22)27-19-5-3-2-4-17(19)21(32)29-24/h2-9,14H,10-13,24H2,1H3,(H,29,32)(H2,25,26,27,28). The van der Waals surface area contributed by atoms with Crippen LogP contribution >= 0.6 is 0 Å². The highest BCUT2D eigenvalue weighted by Gasteiger charge is 2.15. The Bertz CT molecular complexity index is 1080. The van der Waals surface area contributed by atoms with Crippen molar-refractivity contribution in [3.05, 3.63) is 66.1 Å². The van der Waals surface area contributed by atoms with E-state index in [-0.39, 0.29) is 17.3 Å². The lowest BCUT2D eigenvalue weighted by Gasteiger charge is -2.34. The molecule has 2 aromatic carbocycles. The quantitative estimate of drug-likeness (QED) is 0.265. The third kappa shape index (κ3) is 4.93. The van der Waals surface area contributed by atoms with Crippen LogP contribution in [-0.2, 0) is 0 Å². The molecule has 0 radical (unpaired) electrons. The maximum absolute atomic E-state index is 14.3. The van der Waals surface area contributed by atoms with Crippen molar-refractivity contribution in [1.82, 2.24) is 20.3 Å². The number of hydrogen-bond acceptors (Lipinski definition) is 8. The van der Waals surface area contributed by atoms with Gasteiger partial charge < -0.3 is 20.4 Å². The van der Waals surface area contributed by atoms with Crippen LogP contribution in [0.5, 0.6) is 0 Å². The minimum atomic E-state index is -0.649. The molecule has 5 N–H and O–H groups in total. The van der Waals surface area contributed by atoms with E-state index in [1.165, 1.54) is 0 Å². The predicted molar refractivity (Wildman–Crippen MR) is 123 cm³/mol. The molecule has 1 saturated heterocycles. The topological polar surface area (TPSA) is 111 Å². The maximum atomic E-state index is 14.3. The van der Waals surface area contributed by atoms with Crippen molar-refractivity contribution in [3.8, 4) is 0 Å². The second kappa shape index (κ2) is 9.58. The number of amides is 1. The van der Waals surface area contributed by atoms with Crippen LogP contribution in [0.15, 0.2) is 54.7 Å². The molecule has 1 aliphatic rings. The smallest absolute Gasteiger partial charge is 0.267 e. The Kier molecular flexibility index (Phi) is 6.43. The number of anilines is 5. The summed E-state index contributed by atoms with van der Waals surface area (Å²) in [5.41, 5.74) is 4.64. The Morgan fingerprint density at radius 2 is 1.75 bits per heavy atom. The lowest BCUT2D eigenvalue weighted by molar-refractivity contribution is 0.0954. The fourth-order valence-corrected chi connectivity index (χ4v) is 3.46. The van der Waals surface area contributed by atoms with Crippen LogP contribution in [0.25, 0.3) is 0 Å². The van der Waals surface area contributed by atoms with E-state index in [0.717, 1.165) is 43.8 Å². The molecule has 9 nitrogen and oxygen atoms in total. The first-order valence-electron chi connectivity index (χ1n) is 10.2. The molecule has 166 valence electrons. The summed E-state index contributed by atoms with van der Waals surface area (Å²) < 4.78 is 14.3. The fraction of sp³-hybridized carbons (Fsp3) is 0.227. The lowest BCUT2D eigenvalue weighted by atomic mass is 10.1. The number of hydrazine groups is 1. The highest BCUT2D eigenvalue weighted by atomic mass is 19.1. The highest BCUT2D eigenvalue weighted by molar-refractivity contribution is 5.99. The van der Waals surface area contributed by atoms with Gasteiger partial charge in [-0.1, -0.05) is 12.1 Å². The fourth-order valence-electron chi connectivity index (χ4n) is 3.46. The van der Waals surface area contributed by atoms with Crippen molar-refractivity contribution in [2.45, 2.75) is 0 Å². The van der Waals surface area contributed by atoms with Crippen molar-refractivity contribution >= 4 is 34.7 Å². The molecule has 1 aliphatic heterocycles. The van der Waals surface area contributed by atoms with Crippen LogP contribution in [0, 0.1) is 5.82 Å². The van der Waals surface area contributed by atoms with Gasteiger partial charge >= 0.3 is 0 Å².